The molecular formula is C11H6F5N3O2S. The Bertz CT molecular complexity index is 656. The van der Waals surface area contributed by atoms with Crippen LogP contribution < -0.4 is 10.1 Å². The first-order valence-electron chi connectivity index (χ1n) is 5.54. The Morgan fingerprint density at radius 3 is 2.41 bits per heavy atom. The minimum atomic E-state index is -4.83. The summed E-state index contributed by atoms with van der Waals surface area (Å²) in [5.74, 6) is -1.35. The lowest BCUT2D eigenvalue weighted by molar-refractivity contribution is -0.274. The van der Waals surface area contributed by atoms with Gasteiger partial charge in [-0.2, -0.15) is 0 Å². The van der Waals surface area contributed by atoms with Gasteiger partial charge in [0.25, 0.3) is 12.3 Å². The van der Waals surface area contributed by atoms with E-state index in [2.05, 4.69) is 19.6 Å². The summed E-state index contributed by atoms with van der Waals surface area (Å²) in [5, 5.41) is 5.40. The van der Waals surface area contributed by atoms with E-state index in [-0.39, 0.29) is 10.6 Å². The largest absolute Gasteiger partial charge is 0.573 e. The summed E-state index contributed by atoms with van der Waals surface area (Å²) in [4.78, 5) is 11.4. The summed E-state index contributed by atoms with van der Waals surface area (Å²) in [6.45, 7) is 0. The highest BCUT2D eigenvalue weighted by atomic mass is 32.1. The third kappa shape index (κ3) is 4.10. The zero-order valence-electron chi connectivity index (χ0n) is 10.4. The lowest BCUT2D eigenvalue weighted by Crippen LogP contribution is -2.17. The van der Waals surface area contributed by atoms with Crippen LogP contribution in [0.15, 0.2) is 24.3 Å². The third-order valence-electron chi connectivity index (χ3n) is 2.27. The third-order valence-corrected chi connectivity index (χ3v) is 3.01. The van der Waals surface area contributed by atoms with Crippen LogP contribution in [0.5, 0.6) is 5.75 Å². The number of rotatable bonds is 4. The van der Waals surface area contributed by atoms with Crippen molar-refractivity contribution in [3.05, 3.63) is 34.8 Å². The van der Waals surface area contributed by atoms with Gasteiger partial charge in [0.2, 0.25) is 0 Å². The molecule has 22 heavy (non-hydrogen) atoms. The highest BCUT2D eigenvalue weighted by molar-refractivity contribution is 7.08. The molecule has 0 aliphatic rings. The number of alkyl halides is 5. The molecular weight excluding hydrogens is 333 g/mol. The van der Waals surface area contributed by atoms with E-state index in [1.165, 1.54) is 0 Å². The quantitative estimate of drug-likeness (QED) is 0.864. The van der Waals surface area contributed by atoms with Crippen LogP contribution in [-0.4, -0.2) is 21.9 Å². The fourth-order valence-corrected chi connectivity index (χ4v) is 1.99. The van der Waals surface area contributed by atoms with Crippen molar-refractivity contribution < 1.29 is 31.5 Å². The standard InChI is InChI=1S/C11H6F5N3O2S/c12-9(13)7-8(22-19-18-7)10(20)17-5-1-3-6(4-2-5)21-11(14,15)16/h1-4,9H,(H,17,20). The Morgan fingerprint density at radius 2 is 1.86 bits per heavy atom. The van der Waals surface area contributed by atoms with Gasteiger partial charge >= 0.3 is 6.36 Å². The van der Waals surface area contributed by atoms with Crippen LogP contribution in [0.4, 0.5) is 27.6 Å². The van der Waals surface area contributed by atoms with Gasteiger partial charge in [-0.1, -0.05) is 4.49 Å². The Hall–Kier alpha value is -2.30. The predicted molar refractivity (Wildman–Crippen MR) is 65.9 cm³/mol. The smallest absolute Gasteiger partial charge is 0.406 e. The molecule has 1 aromatic heterocycles. The van der Waals surface area contributed by atoms with Crippen molar-refractivity contribution >= 4 is 23.1 Å². The number of carbonyl (C=O) groups is 1. The van der Waals surface area contributed by atoms with Gasteiger partial charge in [0.15, 0.2) is 5.69 Å². The molecule has 0 spiro atoms. The second-order valence-corrected chi connectivity index (χ2v) is 4.57. The fraction of sp³-hybridized carbons (Fsp3) is 0.182. The summed E-state index contributed by atoms with van der Waals surface area (Å²) < 4.78 is 68.0. The molecule has 0 atom stereocenters. The number of halogens is 5. The van der Waals surface area contributed by atoms with Gasteiger partial charge in [0.1, 0.15) is 10.6 Å². The monoisotopic (exact) mass is 339 g/mol. The van der Waals surface area contributed by atoms with Gasteiger partial charge in [-0.15, -0.1) is 18.3 Å². The van der Waals surface area contributed by atoms with Crippen molar-refractivity contribution in [2.45, 2.75) is 12.8 Å². The van der Waals surface area contributed by atoms with Crippen molar-refractivity contribution in [3.63, 3.8) is 0 Å². The van der Waals surface area contributed by atoms with E-state index in [1.807, 2.05) is 0 Å². The van der Waals surface area contributed by atoms with Crippen molar-refractivity contribution in [1.82, 2.24) is 9.59 Å². The zero-order chi connectivity index (χ0) is 16.3. The van der Waals surface area contributed by atoms with Crippen molar-refractivity contribution in [3.8, 4) is 5.75 Å². The molecule has 0 aliphatic heterocycles. The second-order valence-electron chi connectivity index (χ2n) is 3.81. The molecule has 0 aliphatic carbocycles. The van der Waals surface area contributed by atoms with Gasteiger partial charge in [0, 0.05) is 5.69 Å². The molecule has 1 amide bonds. The molecule has 5 nitrogen and oxygen atoms in total. The number of benzene rings is 1. The molecule has 0 unspecified atom stereocenters. The van der Waals surface area contributed by atoms with E-state index in [9.17, 15) is 26.7 Å². The Morgan fingerprint density at radius 1 is 1.23 bits per heavy atom. The Labute approximate surface area is 123 Å². The molecule has 1 N–H and O–H groups in total. The minimum Gasteiger partial charge on any atom is -0.406 e. The molecule has 0 radical (unpaired) electrons. The summed E-state index contributed by atoms with van der Waals surface area (Å²) in [6, 6.07) is 4.22. The normalized spacial score (nSPS) is 11.5. The van der Waals surface area contributed by atoms with E-state index in [4.69, 9.17) is 0 Å². The van der Waals surface area contributed by atoms with Gasteiger partial charge < -0.3 is 10.1 Å². The number of nitrogens with one attached hydrogen (secondary N) is 1. The first kappa shape index (κ1) is 16.1. The first-order chi connectivity index (χ1) is 10.3. The molecule has 11 heteroatoms. The van der Waals surface area contributed by atoms with Crippen LogP contribution in [0, 0.1) is 0 Å². The Balaban J connectivity index is 2.07. The molecule has 0 saturated heterocycles. The zero-order valence-corrected chi connectivity index (χ0v) is 11.2. The SMILES string of the molecule is O=C(Nc1ccc(OC(F)(F)F)cc1)c1snnc1C(F)F. The van der Waals surface area contributed by atoms with Gasteiger partial charge in [-0.25, -0.2) is 8.78 Å². The lowest BCUT2D eigenvalue weighted by Gasteiger charge is -2.09. The number of ether oxygens (including phenoxy) is 1. The highest BCUT2D eigenvalue weighted by Gasteiger charge is 2.31. The molecule has 1 heterocycles. The number of nitrogens with zero attached hydrogens (tertiary/aromatic N) is 2. The van der Waals surface area contributed by atoms with Crippen molar-refractivity contribution in [2.24, 2.45) is 0 Å². The second kappa shape index (κ2) is 6.22. The van der Waals surface area contributed by atoms with Crippen LogP contribution >= 0.6 is 11.5 Å². The molecule has 0 fully saturated rings. The highest BCUT2D eigenvalue weighted by Crippen LogP contribution is 2.26. The number of anilines is 1. The predicted octanol–water partition coefficient (Wildman–Crippen LogP) is 3.63. The van der Waals surface area contributed by atoms with E-state index in [0.29, 0.717) is 11.5 Å². The Kier molecular flexibility index (Phi) is 4.54. The van der Waals surface area contributed by atoms with Gasteiger partial charge in [0.05, 0.1) is 0 Å². The number of hydrogen-bond donors (Lipinski definition) is 1. The minimum absolute atomic E-state index is 0.105. The topological polar surface area (TPSA) is 64.1 Å². The van der Waals surface area contributed by atoms with Crippen LogP contribution in [-0.2, 0) is 0 Å². The first-order valence-corrected chi connectivity index (χ1v) is 6.31. The van der Waals surface area contributed by atoms with Crippen molar-refractivity contribution in [1.29, 1.82) is 0 Å². The average molecular weight is 339 g/mol. The van der Waals surface area contributed by atoms with Crippen molar-refractivity contribution in [2.75, 3.05) is 5.32 Å². The molecule has 118 valence electrons. The number of amides is 1. The summed E-state index contributed by atoms with van der Waals surface area (Å²) >= 11 is 0.490. The lowest BCUT2D eigenvalue weighted by atomic mass is 10.3. The number of aromatic nitrogens is 2. The summed E-state index contributed by atoms with van der Waals surface area (Å²) in [6.07, 6.45) is -7.78. The average Bonchev–Trinajstić information content (AvgIpc) is 2.89. The van der Waals surface area contributed by atoms with Crippen LogP contribution in [0.25, 0.3) is 0 Å². The van der Waals surface area contributed by atoms with Crippen LogP contribution in [0.1, 0.15) is 21.8 Å². The van der Waals surface area contributed by atoms with E-state index >= 15 is 0 Å². The molecule has 2 aromatic rings. The van der Waals surface area contributed by atoms with E-state index in [1.54, 1.807) is 0 Å². The maximum absolute atomic E-state index is 12.6. The fourth-order valence-electron chi connectivity index (χ4n) is 1.43. The number of carbonyl (C=O) groups excluding carboxylic acids is 1. The molecule has 0 bridgehead atoms. The number of hydrogen-bond acceptors (Lipinski definition) is 5. The summed E-state index contributed by atoms with van der Waals surface area (Å²) in [5.41, 5.74) is -0.646. The van der Waals surface area contributed by atoms with E-state index in [0.717, 1.165) is 24.3 Å². The summed E-state index contributed by atoms with van der Waals surface area (Å²) in [7, 11) is 0. The molecule has 0 saturated carbocycles. The molecule has 1 aromatic carbocycles. The van der Waals surface area contributed by atoms with E-state index < -0.39 is 30.1 Å². The van der Waals surface area contributed by atoms with Crippen LogP contribution in [0.2, 0.25) is 0 Å². The molecule has 2 rings (SSSR count). The maximum Gasteiger partial charge on any atom is 0.573 e. The van der Waals surface area contributed by atoms with Crippen LogP contribution in [0.3, 0.4) is 0 Å². The van der Waals surface area contributed by atoms with Gasteiger partial charge in [-0.3, -0.25) is 4.79 Å². The van der Waals surface area contributed by atoms with Gasteiger partial charge in [-0.05, 0) is 35.8 Å². The maximum atomic E-state index is 12.6.